The van der Waals surface area contributed by atoms with Crippen LogP contribution >= 0.6 is 0 Å². The molecule has 0 unspecified atom stereocenters. The van der Waals surface area contributed by atoms with Crippen molar-refractivity contribution < 1.29 is 18.3 Å². The molecular weight excluding hydrogens is 364 g/mol. The van der Waals surface area contributed by atoms with E-state index in [-0.39, 0.29) is 11.5 Å². The van der Waals surface area contributed by atoms with Crippen molar-refractivity contribution in [1.82, 2.24) is 9.78 Å². The van der Waals surface area contributed by atoms with Gasteiger partial charge < -0.3 is 9.84 Å². The highest BCUT2D eigenvalue weighted by Gasteiger charge is 2.15. The van der Waals surface area contributed by atoms with Crippen LogP contribution < -0.4 is 4.74 Å². The summed E-state index contributed by atoms with van der Waals surface area (Å²) in [5.41, 5.74) is 3.50. The second-order valence-corrected chi connectivity index (χ2v) is 8.27. The second-order valence-electron chi connectivity index (χ2n) is 6.26. The molecule has 0 bridgehead atoms. The standard InChI is InChI=1S/C20H22N2O4S/c1-26-17-8-4-15(5-9-17)19-14-22(12-3-13-23)21-20(19)16-6-10-18(11-7-16)27(2,24)25/h4-11,14,23H,3,12-13H2,1-2H3. The van der Waals surface area contributed by atoms with Crippen LogP contribution in [0.4, 0.5) is 0 Å². The zero-order valence-corrected chi connectivity index (χ0v) is 16.1. The van der Waals surface area contributed by atoms with E-state index in [1.165, 1.54) is 6.26 Å². The van der Waals surface area contributed by atoms with E-state index in [2.05, 4.69) is 5.10 Å². The fourth-order valence-electron chi connectivity index (χ4n) is 2.82. The van der Waals surface area contributed by atoms with Crippen LogP contribution in [0.5, 0.6) is 5.75 Å². The number of aromatic nitrogens is 2. The number of benzene rings is 2. The summed E-state index contributed by atoms with van der Waals surface area (Å²) in [6, 6.07) is 14.4. The maximum Gasteiger partial charge on any atom is 0.175 e. The largest absolute Gasteiger partial charge is 0.497 e. The number of aliphatic hydroxyl groups excluding tert-OH is 1. The molecule has 0 spiro atoms. The van der Waals surface area contributed by atoms with Crippen molar-refractivity contribution in [2.45, 2.75) is 17.9 Å². The molecule has 1 aromatic heterocycles. The van der Waals surface area contributed by atoms with Gasteiger partial charge in [-0.3, -0.25) is 4.68 Å². The summed E-state index contributed by atoms with van der Waals surface area (Å²) in [5, 5.41) is 13.7. The number of rotatable bonds is 7. The Labute approximate surface area is 159 Å². The molecule has 2 aromatic carbocycles. The SMILES string of the molecule is COc1ccc(-c2cn(CCCO)nc2-c2ccc(S(C)(=O)=O)cc2)cc1. The first-order valence-corrected chi connectivity index (χ1v) is 10.4. The maximum absolute atomic E-state index is 11.7. The van der Waals surface area contributed by atoms with Gasteiger partial charge in [0.15, 0.2) is 9.84 Å². The molecule has 0 saturated heterocycles. The van der Waals surface area contributed by atoms with Crippen molar-refractivity contribution in [3.05, 3.63) is 54.7 Å². The van der Waals surface area contributed by atoms with Crippen LogP contribution in [-0.4, -0.2) is 43.3 Å². The smallest absolute Gasteiger partial charge is 0.175 e. The minimum absolute atomic E-state index is 0.0934. The number of sulfone groups is 1. The normalized spacial score (nSPS) is 11.5. The van der Waals surface area contributed by atoms with Gasteiger partial charge in [0.25, 0.3) is 0 Å². The molecule has 6 nitrogen and oxygen atoms in total. The average Bonchev–Trinajstić information content (AvgIpc) is 3.10. The zero-order valence-electron chi connectivity index (χ0n) is 15.3. The van der Waals surface area contributed by atoms with Gasteiger partial charge in [0, 0.05) is 36.7 Å². The van der Waals surface area contributed by atoms with Gasteiger partial charge in [-0.25, -0.2) is 8.42 Å². The van der Waals surface area contributed by atoms with Crippen molar-refractivity contribution in [3.63, 3.8) is 0 Å². The van der Waals surface area contributed by atoms with Crippen molar-refractivity contribution in [2.75, 3.05) is 20.0 Å². The monoisotopic (exact) mass is 386 g/mol. The second kappa shape index (κ2) is 7.94. The molecule has 142 valence electrons. The van der Waals surface area contributed by atoms with Crippen LogP contribution in [0.3, 0.4) is 0 Å². The summed E-state index contributed by atoms with van der Waals surface area (Å²) in [6.45, 7) is 0.692. The number of aliphatic hydroxyl groups is 1. The molecule has 3 aromatic rings. The lowest BCUT2D eigenvalue weighted by Gasteiger charge is -2.05. The minimum atomic E-state index is -3.25. The molecule has 0 aliphatic heterocycles. The van der Waals surface area contributed by atoms with Crippen LogP contribution in [0.15, 0.2) is 59.6 Å². The van der Waals surface area contributed by atoms with Gasteiger partial charge in [0.05, 0.1) is 12.0 Å². The summed E-state index contributed by atoms with van der Waals surface area (Å²) < 4.78 is 30.4. The molecule has 0 radical (unpaired) electrons. The lowest BCUT2D eigenvalue weighted by atomic mass is 10.0. The Bertz CT molecular complexity index is 1010. The van der Waals surface area contributed by atoms with Crippen molar-refractivity contribution in [3.8, 4) is 28.1 Å². The summed E-state index contributed by atoms with van der Waals surface area (Å²) >= 11 is 0. The van der Waals surface area contributed by atoms with Gasteiger partial charge in [-0.05, 0) is 36.2 Å². The number of aryl methyl sites for hydroxylation is 1. The van der Waals surface area contributed by atoms with E-state index in [1.54, 1.807) is 36.1 Å². The van der Waals surface area contributed by atoms with Gasteiger partial charge in [-0.1, -0.05) is 24.3 Å². The lowest BCUT2D eigenvalue weighted by Crippen LogP contribution is -2.00. The molecule has 7 heteroatoms. The number of hydrogen-bond acceptors (Lipinski definition) is 5. The quantitative estimate of drug-likeness (QED) is 0.675. The van der Waals surface area contributed by atoms with E-state index in [4.69, 9.17) is 9.84 Å². The Morgan fingerprint density at radius 3 is 2.22 bits per heavy atom. The number of methoxy groups -OCH3 is 1. The van der Waals surface area contributed by atoms with E-state index in [0.717, 1.165) is 28.1 Å². The predicted octanol–water partition coefficient (Wildman–Crippen LogP) is 3.01. The Hall–Kier alpha value is -2.64. The molecule has 27 heavy (non-hydrogen) atoms. The molecular formula is C20H22N2O4S. The Morgan fingerprint density at radius 1 is 1.04 bits per heavy atom. The van der Waals surface area contributed by atoms with Gasteiger partial charge in [0.2, 0.25) is 0 Å². The molecule has 1 heterocycles. The molecule has 3 rings (SSSR count). The third kappa shape index (κ3) is 4.37. The number of ether oxygens (including phenoxy) is 1. The van der Waals surface area contributed by atoms with Gasteiger partial charge in [-0.15, -0.1) is 0 Å². The number of hydrogen-bond donors (Lipinski definition) is 1. The summed E-state index contributed by atoms with van der Waals surface area (Å²) in [4.78, 5) is 0.275. The molecule has 0 atom stereocenters. The molecule has 0 fully saturated rings. The third-order valence-electron chi connectivity index (χ3n) is 4.26. The Kier molecular flexibility index (Phi) is 5.62. The highest BCUT2D eigenvalue weighted by molar-refractivity contribution is 7.90. The number of nitrogens with zero attached hydrogens (tertiary/aromatic N) is 2. The zero-order chi connectivity index (χ0) is 19.4. The van der Waals surface area contributed by atoms with Crippen molar-refractivity contribution in [2.24, 2.45) is 0 Å². The first kappa shape index (κ1) is 19.1. The van der Waals surface area contributed by atoms with E-state index < -0.39 is 9.84 Å². The van der Waals surface area contributed by atoms with Crippen LogP contribution in [0, 0.1) is 0 Å². The molecule has 0 aliphatic rings. The molecule has 1 N–H and O–H groups in total. The fourth-order valence-corrected chi connectivity index (χ4v) is 3.45. The first-order valence-electron chi connectivity index (χ1n) is 8.55. The minimum Gasteiger partial charge on any atom is -0.497 e. The van der Waals surface area contributed by atoms with Crippen molar-refractivity contribution in [1.29, 1.82) is 0 Å². The highest BCUT2D eigenvalue weighted by Crippen LogP contribution is 2.32. The topological polar surface area (TPSA) is 81.4 Å². The van der Waals surface area contributed by atoms with E-state index in [1.807, 2.05) is 30.5 Å². The van der Waals surface area contributed by atoms with Gasteiger partial charge in [-0.2, -0.15) is 5.10 Å². The first-order chi connectivity index (χ1) is 12.9. The molecule has 0 amide bonds. The Morgan fingerprint density at radius 2 is 1.67 bits per heavy atom. The third-order valence-corrected chi connectivity index (χ3v) is 5.39. The lowest BCUT2D eigenvalue weighted by molar-refractivity contribution is 0.277. The predicted molar refractivity (Wildman–Crippen MR) is 104 cm³/mol. The molecule has 0 saturated carbocycles. The van der Waals surface area contributed by atoms with Gasteiger partial charge >= 0.3 is 0 Å². The highest BCUT2D eigenvalue weighted by atomic mass is 32.2. The van der Waals surface area contributed by atoms with E-state index in [9.17, 15) is 8.42 Å². The Balaban J connectivity index is 2.05. The van der Waals surface area contributed by atoms with Crippen LogP contribution in [0.2, 0.25) is 0 Å². The van der Waals surface area contributed by atoms with Crippen LogP contribution in [-0.2, 0) is 16.4 Å². The fraction of sp³-hybridized carbons (Fsp3) is 0.250. The summed E-state index contributed by atoms with van der Waals surface area (Å²) in [5.74, 6) is 0.769. The maximum atomic E-state index is 11.7. The van der Waals surface area contributed by atoms with E-state index >= 15 is 0 Å². The van der Waals surface area contributed by atoms with Gasteiger partial charge in [0.1, 0.15) is 11.4 Å². The van der Waals surface area contributed by atoms with Crippen LogP contribution in [0.1, 0.15) is 6.42 Å². The summed E-state index contributed by atoms with van der Waals surface area (Å²) in [6.07, 6.45) is 3.74. The summed E-state index contributed by atoms with van der Waals surface area (Å²) in [7, 11) is -1.62. The van der Waals surface area contributed by atoms with E-state index in [0.29, 0.717) is 13.0 Å². The van der Waals surface area contributed by atoms with Crippen LogP contribution in [0.25, 0.3) is 22.4 Å². The molecule has 0 aliphatic carbocycles. The van der Waals surface area contributed by atoms with Crippen molar-refractivity contribution >= 4 is 9.84 Å². The average molecular weight is 386 g/mol.